The van der Waals surface area contributed by atoms with Crippen LogP contribution in [0.25, 0.3) is 0 Å². The fourth-order valence-corrected chi connectivity index (χ4v) is 1.79. The van der Waals surface area contributed by atoms with Gasteiger partial charge >= 0.3 is 10.2 Å². The molecule has 0 aliphatic heterocycles. The van der Waals surface area contributed by atoms with Crippen molar-refractivity contribution in [2.75, 3.05) is 0 Å². The van der Waals surface area contributed by atoms with E-state index in [2.05, 4.69) is 0 Å². The van der Waals surface area contributed by atoms with Crippen molar-refractivity contribution in [3.8, 4) is 0 Å². The number of nitrogens with two attached hydrogens (primary N) is 1. The zero-order valence-corrected chi connectivity index (χ0v) is 10.7. The highest BCUT2D eigenvalue weighted by atomic mass is 35.5. The van der Waals surface area contributed by atoms with Crippen LogP contribution in [0, 0.1) is 0 Å². The molecule has 1 rings (SSSR count). The first-order chi connectivity index (χ1) is 6.70. The normalized spacial score (nSPS) is 16.7. The van der Waals surface area contributed by atoms with Gasteiger partial charge in [-0.05, 0) is 31.5 Å². The Kier molecular flexibility index (Phi) is 3.38. The molecule has 2 N–H and O–H groups in total. The predicted octanol–water partition coefficient (Wildman–Crippen LogP) is 4.96. The minimum Gasteiger partial charge on any atom is -0.322 e. The van der Waals surface area contributed by atoms with Crippen molar-refractivity contribution in [3.63, 3.8) is 0 Å². The van der Waals surface area contributed by atoms with Gasteiger partial charge in [-0.15, -0.1) is 12.4 Å². The van der Waals surface area contributed by atoms with Crippen LogP contribution < -0.4 is 5.73 Å². The molecule has 1 nitrogen and oxygen atoms in total. The molecule has 1 aromatic carbocycles. The number of halogens is 6. The molecule has 0 saturated heterocycles. The molecule has 0 aromatic heterocycles. The van der Waals surface area contributed by atoms with Crippen LogP contribution in [0.1, 0.15) is 19.4 Å². The number of hydrogen-bond donors (Lipinski definition) is 1. The Hall–Kier alpha value is -0.530. The molecule has 102 valence electrons. The lowest BCUT2D eigenvalue weighted by molar-refractivity contribution is 0.364. The van der Waals surface area contributed by atoms with Gasteiger partial charge in [0.25, 0.3) is 0 Å². The van der Waals surface area contributed by atoms with Crippen LogP contribution in [0.5, 0.6) is 0 Å². The second kappa shape index (κ2) is 3.49. The summed E-state index contributed by atoms with van der Waals surface area (Å²) in [5, 5.41) is 0. The molecule has 0 radical (unpaired) electrons. The Morgan fingerprint density at radius 2 is 1.29 bits per heavy atom. The first kappa shape index (κ1) is 16.5. The van der Waals surface area contributed by atoms with E-state index in [4.69, 9.17) is 5.73 Å². The van der Waals surface area contributed by atoms with Gasteiger partial charge in [0.1, 0.15) is 4.90 Å². The Balaban J connectivity index is 0.00000256. The summed E-state index contributed by atoms with van der Waals surface area (Å²) in [4.78, 5) is -1.90. The fourth-order valence-electron chi connectivity index (χ4n) is 1.14. The fraction of sp³-hybridized carbons (Fsp3) is 0.333. The molecule has 0 bridgehead atoms. The van der Waals surface area contributed by atoms with Crippen molar-refractivity contribution >= 4 is 22.6 Å². The summed E-state index contributed by atoms with van der Waals surface area (Å²) < 4.78 is 61.7. The monoisotopic (exact) mass is 297 g/mol. The minimum absolute atomic E-state index is 0. The second-order valence-electron chi connectivity index (χ2n) is 4.22. The van der Waals surface area contributed by atoms with Gasteiger partial charge in [0.05, 0.1) is 0 Å². The summed E-state index contributed by atoms with van der Waals surface area (Å²) in [7, 11) is -9.56. The van der Waals surface area contributed by atoms with E-state index in [1.54, 1.807) is 13.8 Å². The molecule has 0 aliphatic carbocycles. The van der Waals surface area contributed by atoms with E-state index in [-0.39, 0.29) is 12.4 Å². The molecule has 0 atom stereocenters. The smallest absolute Gasteiger partial charge is 0.310 e. The molecular formula is C9H13ClF5NS. The highest BCUT2D eigenvalue weighted by Gasteiger charge is 2.65. The van der Waals surface area contributed by atoms with Crippen molar-refractivity contribution in [1.29, 1.82) is 0 Å². The van der Waals surface area contributed by atoms with Crippen LogP contribution in [0.15, 0.2) is 29.2 Å². The molecule has 1 aromatic rings. The molecule has 0 heterocycles. The van der Waals surface area contributed by atoms with Crippen molar-refractivity contribution in [2.45, 2.75) is 24.3 Å². The Bertz CT molecular complexity index is 405. The SMILES string of the molecule is CC(C)(N)c1ccc(S(F)(F)(F)(F)F)cc1.Cl. The molecule has 0 fully saturated rings. The number of benzene rings is 1. The zero-order chi connectivity index (χ0) is 12.9. The van der Waals surface area contributed by atoms with Gasteiger partial charge in [0.15, 0.2) is 0 Å². The maximum atomic E-state index is 12.3. The van der Waals surface area contributed by atoms with Crippen LogP contribution in [0.4, 0.5) is 19.4 Å². The topological polar surface area (TPSA) is 26.0 Å². The standard InChI is InChI=1S/C9H12F5NS.ClH/c1-9(2,15)7-3-5-8(6-4-7)16(10,11,12,13)14;/h3-6H,15H2,1-2H3;1H. The largest absolute Gasteiger partial charge is 0.322 e. The third-order valence-corrected chi connectivity index (χ3v) is 3.21. The van der Waals surface area contributed by atoms with Crippen molar-refractivity contribution < 1.29 is 19.4 Å². The Morgan fingerprint density at radius 1 is 0.941 bits per heavy atom. The maximum Gasteiger partial charge on any atom is 0.310 e. The third-order valence-electron chi connectivity index (χ3n) is 2.04. The number of rotatable bonds is 2. The molecule has 0 saturated carbocycles. The summed E-state index contributed by atoms with van der Waals surface area (Å²) in [5.74, 6) is 0. The summed E-state index contributed by atoms with van der Waals surface area (Å²) in [6, 6.07) is 2.66. The third kappa shape index (κ3) is 4.33. The lowest BCUT2D eigenvalue weighted by Crippen LogP contribution is -2.28. The van der Waals surface area contributed by atoms with E-state index >= 15 is 0 Å². The van der Waals surface area contributed by atoms with E-state index in [0.29, 0.717) is 17.7 Å². The first-order valence-corrected chi connectivity index (χ1v) is 6.29. The second-order valence-corrected chi connectivity index (χ2v) is 6.62. The summed E-state index contributed by atoms with van der Waals surface area (Å²) in [5.41, 5.74) is 5.12. The van der Waals surface area contributed by atoms with Crippen LogP contribution >= 0.6 is 22.6 Å². The minimum atomic E-state index is -9.56. The first-order valence-electron chi connectivity index (χ1n) is 4.34. The van der Waals surface area contributed by atoms with E-state index in [9.17, 15) is 19.4 Å². The molecule has 0 aliphatic rings. The van der Waals surface area contributed by atoms with Crippen LogP contribution in [0.2, 0.25) is 0 Å². The van der Waals surface area contributed by atoms with E-state index in [1.807, 2.05) is 0 Å². The number of hydrogen-bond acceptors (Lipinski definition) is 1. The van der Waals surface area contributed by atoms with Gasteiger partial charge in [0, 0.05) is 5.54 Å². The highest BCUT2D eigenvalue weighted by molar-refractivity contribution is 8.45. The van der Waals surface area contributed by atoms with E-state index < -0.39 is 20.7 Å². The van der Waals surface area contributed by atoms with Gasteiger partial charge in [-0.3, -0.25) is 0 Å². The zero-order valence-electron chi connectivity index (χ0n) is 9.09. The summed E-state index contributed by atoms with van der Waals surface area (Å²) in [6.45, 7) is 3.14. The molecule has 0 spiro atoms. The maximum absolute atomic E-state index is 12.3. The Labute approximate surface area is 102 Å². The molecule has 0 amide bonds. The summed E-state index contributed by atoms with van der Waals surface area (Å²) >= 11 is 0. The van der Waals surface area contributed by atoms with Crippen LogP contribution in [-0.4, -0.2) is 0 Å². The average Bonchev–Trinajstić information content (AvgIpc) is 1.99. The molecule has 17 heavy (non-hydrogen) atoms. The molecule has 8 heteroatoms. The van der Waals surface area contributed by atoms with Crippen molar-refractivity contribution in [2.24, 2.45) is 5.73 Å². The average molecular weight is 298 g/mol. The van der Waals surface area contributed by atoms with Gasteiger partial charge < -0.3 is 5.73 Å². The van der Waals surface area contributed by atoms with Crippen molar-refractivity contribution in [1.82, 2.24) is 0 Å². The lowest BCUT2D eigenvalue weighted by atomic mass is 9.96. The van der Waals surface area contributed by atoms with E-state index in [0.717, 1.165) is 12.1 Å². The predicted molar refractivity (Wildman–Crippen MR) is 62.3 cm³/mol. The highest BCUT2D eigenvalue weighted by Crippen LogP contribution is 3.02. The molecular weight excluding hydrogens is 285 g/mol. The Morgan fingerprint density at radius 3 is 1.53 bits per heavy atom. The molecule has 0 unspecified atom stereocenters. The summed E-state index contributed by atoms with van der Waals surface area (Å²) in [6.07, 6.45) is 0. The van der Waals surface area contributed by atoms with E-state index in [1.165, 1.54) is 0 Å². The van der Waals surface area contributed by atoms with Crippen LogP contribution in [0.3, 0.4) is 0 Å². The van der Waals surface area contributed by atoms with Gasteiger partial charge in [-0.2, -0.15) is 0 Å². The van der Waals surface area contributed by atoms with Gasteiger partial charge in [0.2, 0.25) is 0 Å². The van der Waals surface area contributed by atoms with Gasteiger partial charge in [-0.25, -0.2) is 0 Å². The van der Waals surface area contributed by atoms with Crippen molar-refractivity contribution in [3.05, 3.63) is 29.8 Å². The van der Waals surface area contributed by atoms with Gasteiger partial charge in [-0.1, -0.05) is 31.6 Å². The quantitative estimate of drug-likeness (QED) is 0.767. The lowest BCUT2D eigenvalue weighted by Gasteiger charge is -2.40. The van der Waals surface area contributed by atoms with Crippen LogP contribution in [-0.2, 0) is 5.54 Å².